The molecule has 2 aromatic rings. The molecule has 5 nitrogen and oxygen atoms in total. The lowest BCUT2D eigenvalue weighted by molar-refractivity contribution is -0.115. The number of H-pyrrole nitrogens is 1. The van der Waals surface area contributed by atoms with E-state index in [0.717, 1.165) is 29.8 Å². The highest BCUT2D eigenvalue weighted by Crippen LogP contribution is 2.20. The lowest BCUT2D eigenvalue weighted by Gasteiger charge is -2.12. The van der Waals surface area contributed by atoms with Crippen LogP contribution in [0.3, 0.4) is 0 Å². The number of hydrogen-bond acceptors (Lipinski definition) is 4. The molecule has 0 radical (unpaired) electrons. The second kappa shape index (κ2) is 7.97. The van der Waals surface area contributed by atoms with Crippen molar-refractivity contribution in [3.05, 3.63) is 51.9 Å². The first-order valence-electron chi connectivity index (χ1n) is 7.62. The van der Waals surface area contributed by atoms with Crippen LogP contribution in [0.1, 0.15) is 31.5 Å². The van der Waals surface area contributed by atoms with E-state index >= 15 is 0 Å². The molecular formula is C17H21N3O2S. The number of aryl methyl sites for hydroxylation is 2. The van der Waals surface area contributed by atoms with Gasteiger partial charge < -0.3 is 10.3 Å². The maximum atomic E-state index is 12.3. The SMILES string of the molecule is CCCc1cc(=O)[nH]c(S[C@@H](C)C(=O)Nc2cccc(C)c2)n1. The third kappa shape index (κ3) is 5.25. The third-order valence-electron chi connectivity index (χ3n) is 3.22. The van der Waals surface area contributed by atoms with Crippen LogP contribution < -0.4 is 10.9 Å². The summed E-state index contributed by atoms with van der Waals surface area (Å²) in [4.78, 5) is 31.0. The number of carbonyl (C=O) groups is 1. The standard InChI is InChI=1S/C17H21N3O2S/c1-4-6-13-10-15(21)20-17(19-13)23-12(3)16(22)18-14-8-5-7-11(2)9-14/h5,7-10,12H,4,6H2,1-3H3,(H,18,22)(H,19,20,21)/t12-/m0/s1. The van der Waals surface area contributed by atoms with Crippen molar-refractivity contribution in [2.24, 2.45) is 0 Å². The van der Waals surface area contributed by atoms with Crippen molar-refractivity contribution in [3.63, 3.8) is 0 Å². The van der Waals surface area contributed by atoms with Crippen molar-refractivity contribution in [2.45, 2.75) is 44.0 Å². The van der Waals surface area contributed by atoms with E-state index in [1.807, 2.05) is 38.1 Å². The van der Waals surface area contributed by atoms with Gasteiger partial charge >= 0.3 is 0 Å². The Kier molecular flexibility index (Phi) is 5.98. The van der Waals surface area contributed by atoms with Crippen LogP contribution in [0.2, 0.25) is 0 Å². The van der Waals surface area contributed by atoms with E-state index in [-0.39, 0.29) is 16.7 Å². The van der Waals surface area contributed by atoms with E-state index in [1.54, 1.807) is 6.92 Å². The van der Waals surface area contributed by atoms with Crippen LogP contribution >= 0.6 is 11.8 Å². The number of benzene rings is 1. The van der Waals surface area contributed by atoms with Crippen molar-refractivity contribution >= 4 is 23.4 Å². The minimum Gasteiger partial charge on any atom is -0.325 e. The van der Waals surface area contributed by atoms with Gasteiger partial charge in [-0.2, -0.15) is 0 Å². The summed E-state index contributed by atoms with van der Waals surface area (Å²) in [6, 6.07) is 9.14. The fourth-order valence-corrected chi connectivity index (χ4v) is 2.94. The van der Waals surface area contributed by atoms with Crippen LogP contribution in [0.15, 0.2) is 40.3 Å². The number of anilines is 1. The van der Waals surface area contributed by atoms with Crippen LogP contribution in [0.5, 0.6) is 0 Å². The number of rotatable bonds is 6. The Morgan fingerprint density at radius 3 is 2.87 bits per heavy atom. The first-order valence-corrected chi connectivity index (χ1v) is 8.50. The number of amides is 1. The zero-order chi connectivity index (χ0) is 16.8. The Bertz CT molecular complexity index is 743. The molecule has 0 aliphatic carbocycles. The summed E-state index contributed by atoms with van der Waals surface area (Å²) in [6.07, 6.45) is 1.67. The highest BCUT2D eigenvalue weighted by atomic mass is 32.2. The van der Waals surface area contributed by atoms with Crippen molar-refractivity contribution in [1.29, 1.82) is 0 Å². The van der Waals surface area contributed by atoms with Gasteiger partial charge in [0.05, 0.1) is 5.25 Å². The fraction of sp³-hybridized carbons (Fsp3) is 0.353. The number of hydrogen-bond donors (Lipinski definition) is 2. The first kappa shape index (κ1) is 17.3. The largest absolute Gasteiger partial charge is 0.325 e. The minimum absolute atomic E-state index is 0.121. The number of nitrogens with zero attached hydrogens (tertiary/aromatic N) is 1. The summed E-state index contributed by atoms with van der Waals surface area (Å²) in [5, 5.41) is 2.99. The highest BCUT2D eigenvalue weighted by molar-refractivity contribution is 8.00. The average Bonchev–Trinajstić information content (AvgIpc) is 2.46. The van der Waals surface area contributed by atoms with Crippen molar-refractivity contribution in [3.8, 4) is 0 Å². The molecule has 23 heavy (non-hydrogen) atoms. The van der Waals surface area contributed by atoms with E-state index in [9.17, 15) is 9.59 Å². The minimum atomic E-state index is -0.365. The molecule has 0 bridgehead atoms. The first-order chi connectivity index (χ1) is 11.0. The molecule has 2 N–H and O–H groups in total. The van der Waals surface area contributed by atoms with Gasteiger partial charge in [0, 0.05) is 17.4 Å². The van der Waals surface area contributed by atoms with Gasteiger partial charge in [0.1, 0.15) is 0 Å². The summed E-state index contributed by atoms with van der Waals surface area (Å²) < 4.78 is 0. The molecule has 0 fully saturated rings. The molecule has 0 aliphatic rings. The van der Waals surface area contributed by atoms with Gasteiger partial charge in [-0.25, -0.2) is 4.98 Å². The van der Waals surface area contributed by atoms with Crippen LogP contribution in [0.4, 0.5) is 5.69 Å². The Balaban J connectivity index is 2.04. The predicted molar refractivity (Wildman–Crippen MR) is 94.0 cm³/mol. The van der Waals surface area contributed by atoms with E-state index < -0.39 is 0 Å². The Labute approximate surface area is 139 Å². The van der Waals surface area contributed by atoms with Crippen molar-refractivity contribution < 1.29 is 4.79 Å². The number of aromatic nitrogens is 2. The van der Waals surface area contributed by atoms with Crippen LogP contribution in [0.25, 0.3) is 0 Å². The molecule has 0 unspecified atom stereocenters. The van der Waals surface area contributed by atoms with E-state index in [0.29, 0.717) is 5.16 Å². The maximum absolute atomic E-state index is 12.3. The molecule has 1 aromatic carbocycles. The van der Waals surface area contributed by atoms with Gasteiger partial charge in [-0.05, 0) is 38.0 Å². The van der Waals surface area contributed by atoms with Crippen LogP contribution in [-0.2, 0) is 11.2 Å². The summed E-state index contributed by atoms with van der Waals surface area (Å²) in [5.41, 5.74) is 2.42. The second-order valence-electron chi connectivity index (χ2n) is 5.41. The summed E-state index contributed by atoms with van der Waals surface area (Å²) >= 11 is 1.25. The molecule has 0 aliphatic heterocycles. The van der Waals surface area contributed by atoms with Crippen LogP contribution in [0, 0.1) is 6.92 Å². The maximum Gasteiger partial charge on any atom is 0.251 e. The lowest BCUT2D eigenvalue weighted by atomic mass is 10.2. The number of carbonyl (C=O) groups excluding carboxylic acids is 1. The molecule has 1 aromatic heterocycles. The molecule has 122 valence electrons. The Hall–Kier alpha value is -2.08. The average molecular weight is 331 g/mol. The molecule has 1 heterocycles. The lowest BCUT2D eigenvalue weighted by Crippen LogP contribution is -2.23. The Morgan fingerprint density at radius 2 is 2.17 bits per heavy atom. The van der Waals surface area contributed by atoms with Gasteiger partial charge in [-0.3, -0.25) is 9.59 Å². The zero-order valence-corrected chi connectivity index (χ0v) is 14.4. The Morgan fingerprint density at radius 1 is 1.39 bits per heavy atom. The van der Waals surface area contributed by atoms with Gasteiger partial charge in [-0.1, -0.05) is 37.2 Å². The normalized spacial score (nSPS) is 12.0. The smallest absolute Gasteiger partial charge is 0.251 e. The molecule has 2 rings (SSSR count). The van der Waals surface area contributed by atoms with Gasteiger partial charge in [-0.15, -0.1) is 0 Å². The fourth-order valence-electron chi connectivity index (χ4n) is 2.11. The number of aromatic amines is 1. The van der Waals surface area contributed by atoms with E-state index in [1.165, 1.54) is 17.8 Å². The summed E-state index contributed by atoms with van der Waals surface area (Å²) in [7, 11) is 0. The molecule has 1 atom stereocenters. The van der Waals surface area contributed by atoms with E-state index in [4.69, 9.17) is 0 Å². The summed E-state index contributed by atoms with van der Waals surface area (Å²) in [6.45, 7) is 5.80. The van der Waals surface area contributed by atoms with Gasteiger partial charge in [0.25, 0.3) is 5.56 Å². The van der Waals surface area contributed by atoms with Gasteiger partial charge in [0.15, 0.2) is 5.16 Å². The van der Waals surface area contributed by atoms with E-state index in [2.05, 4.69) is 15.3 Å². The highest BCUT2D eigenvalue weighted by Gasteiger charge is 2.16. The molecular weight excluding hydrogens is 310 g/mol. The number of nitrogens with one attached hydrogen (secondary N) is 2. The van der Waals surface area contributed by atoms with Crippen LogP contribution in [-0.4, -0.2) is 21.1 Å². The molecule has 1 amide bonds. The quantitative estimate of drug-likeness (QED) is 0.630. The molecule has 0 saturated carbocycles. The molecule has 6 heteroatoms. The molecule has 0 spiro atoms. The third-order valence-corrected chi connectivity index (χ3v) is 4.21. The predicted octanol–water partition coefficient (Wildman–Crippen LogP) is 3.15. The monoisotopic (exact) mass is 331 g/mol. The van der Waals surface area contributed by atoms with Gasteiger partial charge in [0.2, 0.25) is 5.91 Å². The summed E-state index contributed by atoms with van der Waals surface area (Å²) in [5.74, 6) is -0.121. The topological polar surface area (TPSA) is 74.8 Å². The zero-order valence-electron chi connectivity index (χ0n) is 13.6. The second-order valence-corrected chi connectivity index (χ2v) is 6.74. The van der Waals surface area contributed by atoms with Crippen molar-refractivity contribution in [2.75, 3.05) is 5.32 Å². The van der Waals surface area contributed by atoms with Crippen molar-refractivity contribution in [1.82, 2.24) is 9.97 Å². The number of thioether (sulfide) groups is 1. The molecule has 0 saturated heterocycles.